The molecule has 1 aliphatic carbocycles. The summed E-state index contributed by atoms with van der Waals surface area (Å²) in [4.78, 5) is 4.25. The number of rotatable bonds is 1. The molecule has 2 aliphatic rings. The van der Waals surface area contributed by atoms with Crippen LogP contribution in [-0.2, 0) is 0 Å². The van der Waals surface area contributed by atoms with Gasteiger partial charge in [0, 0.05) is 18.8 Å². The largest absolute Gasteiger partial charge is 0.310 e. The predicted octanol–water partition coefficient (Wildman–Crippen LogP) is 2.22. The van der Waals surface area contributed by atoms with E-state index in [9.17, 15) is 0 Å². The Balaban J connectivity index is 1.89. The molecule has 0 spiro atoms. The molecule has 1 N–H and O–H groups in total. The van der Waals surface area contributed by atoms with Gasteiger partial charge in [-0.05, 0) is 45.5 Å². The number of aromatic nitrogens is 1. The molecule has 3 heteroatoms. The summed E-state index contributed by atoms with van der Waals surface area (Å²) in [5.41, 5.74) is 2.72. The van der Waals surface area contributed by atoms with Gasteiger partial charge in [-0.3, -0.25) is 0 Å². The topological polar surface area (TPSA) is 24.9 Å². The van der Waals surface area contributed by atoms with Gasteiger partial charge >= 0.3 is 0 Å². The van der Waals surface area contributed by atoms with E-state index in [0.717, 1.165) is 10.5 Å². The van der Waals surface area contributed by atoms with Crippen LogP contribution in [0.3, 0.4) is 0 Å². The molecule has 2 atom stereocenters. The van der Waals surface area contributed by atoms with Gasteiger partial charge in [0.25, 0.3) is 0 Å². The Hall–Kier alpha value is -0.670. The second kappa shape index (κ2) is 3.17. The predicted molar refractivity (Wildman–Crippen MR) is 59.8 cm³/mol. The Labute approximate surface area is 91.6 Å². The average molecular weight is 251 g/mol. The van der Waals surface area contributed by atoms with E-state index in [1.807, 2.05) is 12.3 Å². The number of allylic oxidation sites excluding steroid dienone is 1. The van der Waals surface area contributed by atoms with Crippen LogP contribution in [-0.4, -0.2) is 17.6 Å². The quantitative estimate of drug-likeness (QED) is 0.774. The zero-order chi connectivity index (χ0) is 9.54. The fourth-order valence-corrected chi connectivity index (χ4v) is 2.40. The highest BCUT2D eigenvalue weighted by Crippen LogP contribution is 2.36. The molecule has 1 fully saturated rings. The van der Waals surface area contributed by atoms with Gasteiger partial charge in [0.05, 0.1) is 0 Å². The number of hydrogen-bond acceptors (Lipinski definition) is 2. The molecule has 0 radical (unpaired) electrons. The standard InChI is InChI=1S/C11H11BrN2/c12-11-2-1-7(5-14-11)8-3-9-6-13-10(9)4-8/h1-2,4-5,9-10,13H,3,6H2. The lowest BCUT2D eigenvalue weighted by molar-refractivity contribution is 0.301. The van der Waals surface area contributed by atoms with Crippen molar-refractivity contribution in [3.63, 3.8) is 0 Å². The highest BCUT2D eigenvalue weighted by atomic mass is 79.9. The molecule has 2 unspecified atom stereocenters. The van der Waals surface area contributed by atoms with Crippen molar-refractivity contribution < 1.29 is 0 Å². The molecule has 2 nitrogen and oxygen atoms in total. The fourth-order valence-electron chi connectivity index (χ4n) is 2.16. The third-order valence-electron chi connectivity index (χ3n) is 3.08. The Morgan fingerprint density at radius 2 is 2.36 bits per heavy atom. The summed E-state index contributed by atoms with van der Waals surface area (Å²) >= 11 is 3.35. The van der Waals surface area contributed by atoms with Crippen LogP contribution in [0.15, 0.2) is 29.0 Å². The van der Waals surface area contributed by atoms with Crippen molar-refractivity contribution in [3.05, 3.63) is 34.6 Å². The molecule has 3 rings (SSSR count). The monoisotopic (exact) mass is 250 g/mol. The van der Waals surface area contributed by atoms with Crippen LogP contribution in [0.5, 0.6) is 0 Å². The number of fused-ring (bicyclic) bond motifs is 1. The Morgan fingerprint density at radius 3 is 2.86 bits per heavy atom. The first kappa shape index (κ1) is 8.62. The number of hydrogen-bond donors (Lipinski definition) is 1. The normalized spacial score (nSPS) is 29.4. The van der Waals surface area contributed by atoms with E-state index in [1.54, 1.807) is 0 Å². The number of pyridine rings is 1. The van der Waals surface area contributed by atoms with Crippen molar-refractivity contribution >= 4 is 21.5 Å². The summed E-state index contributed by atoms with van der Waals surface area (Å²) in [6.07, 6.45) is 5.50. The average Bonchev–Trinajstić information content (AvgIpc) is 2.45. The van der Waals surface area contributed by atoms with E-state index in [4.69, 9.17) is 0 Å². The number of nitrogens with one attached hydrogen (secondary N) is 1. The number of halogens is 1. The highest BCUT2D eigenvalue weighted by Gasteiger charge is 2.34. The van der Waals surface area contributed by atoms with Gasteiger partial charge in [0.1, 0.15) is 4.60 Å². The van der Waals surface area contributed by atoms with Gasteiger partial charge in [-0.25, -0.2) is 4.98 Å². The summed E-state index contributed by atoms with van der Waals surface area (Å²) in [7, 11) is 0. The fraction of sp³-hybridized carbons (Fsp3) is 0.364. The van der Waals surface area contributed by atoms with Crippen molar-refractivity contribution in [2.24, 2.45) is 5.92 Å². The lowest BCUT2D eigenvalue weighted by Gasteiger charge is -2.31. The van der Waals surface area contributed by atoms with Gasteiger partial charge in [-0.2, -0.15) is 0 Å². The van der Waals surface area contributed by atoms with Crippen LogP contribution >= 0.6 is 15.9 Å². The summed E-state index contributed by atoms with van der Waals surface area (Å²) in [6.45, 7) is 1.18. The molecular formula is C11H11BrN2. The van der Waals surface area contributed by atoms with Crippen molar-refractivity contribution in [2.75, 3.05) is 6.54 Å². The van der Waals surface area contributed by atoms with E-state index < -0.39 is 0 Å². The zero-order valence-electron chi connectivity index (χ0n) is 7.70. The Kier molecular flexibility index (Phi) is 1.96. The summed E-state index contributed by atoms with van der Waals surface area (Å²) < 4.78 is 0.904. The minimum atomic E-state index is 0.633. The Bertz CT molecular complexity index is 383. The number of nitrogens with zero attached hydrogens (tertiary/aromatic N) is 1. The molecule has 1 aromatic rings. The lowest BCUT2D eigenvalue weighted by Crippen LogP contribution is -2.49. The molecule has 0 aromatic carbocycles. The van der Waals surface area contributed by atoms with Crippen LogP contribution in [0.25, 0.3) is 5.57 Å². The first-order chi connectivity index (χ1) is 6.83. The molecule has 0 bridgehead atoms. The van der Waals surface area contributed by atoms with E-state index in [0.29, 0.717) is 6.04 Å². The lowest BCUT2D eigenvalue weighted by atomic mass is 9.94. The van der Waals surface area contributed by atoms with E-state index in [1.165, 1.54) is 24.1 Å². The minimum absolute atomic E-state index is 0.633. The third-order valence-corrected chi connectivity index (χ3v) is 3.55. The molecule has 2 heterocycles. The summed E-state index contributed by atoms with van der Waals surface area (Å²) in [5, 5.41) is 3.41. The van der Waals surface area contributed by atoms with Gasteiger partial charge in [0.2, 0.25) is 0 Å². The maximum atomic E-state index is 4.25. The van der Waals surface area contributed by atoms with Crippen molar-refractivity contribution in [2.45, 2.75) is 12.5 Å². The smallest absolute Gasteiger partial charge is 0.106 e. The van der Waals surface area contributed by atoms with Gasteiger partial charge in [-0.1, -0.05) is 12.1 Å². The minimum Gasteiger partial charge on any atom is -0.310 e. The van der Waals surface area contributed by atoms with Crippen LogP contribution in [0.2, 0.25) is 0 Å². The zero-order valence-corrected chi connectivity index (χ0v) is 9.29. The second-order valence-corrected chi connectivity index (χ2v) is 4.77. The maximum Gasteiger partial charge on any atom is 0.106 e. The SMILES string of the molecule is Brc1ccc(C2=CC3NCC3C2)cn1. The van der Waals surface area contributed by atoms with Gasteiger partial charge in [-0.15, -0.1) is 0 Å². The van der Waals surface area contributed by atoms with Gasteiger partial charge < -0.3 is 5.32 Å². The van der Waals surface area contributed by atoms with Crippen LogP contribution in [0.4, 0.5) is 0 Å². The first-order valence-corrected chi connectivity index (χ1v) is 5.68. The third kappa shape index (κ3) is 1.31. The van der Waals surface area contributed by atoms with Crippen LogP contribution in [0, 0.1) is 5.92 Å². The second-order valence-electron chi connectivity index (χ2n) is 3.96. The van der Waals surface area contributed by atoms with Crippen LogP contribution < -0.4 is 5.32 Å². The van der Waals surface area contributed by atoms with Crippen molar-refractivity contribution in [3.8, 4) is 0 Å². The Morgan fingerprint density at radius 1 is 1.43 bits per heavy atom. The van der Waals surface area contributed by atoms with Crippen molar-refractivity contribution in [1.29, 1.82) is 0 Å². The molecule has 1 aliphatic heterocycles. The molecule has 0 amide bonds. The maximum absolute atomic E-state index is 4.25. The molecule has 1 saturated heterocycles. The highest BCUT2D eigenvalue weighted by molar-refractivity contribution is 9.10. The molecule has 72 valence electrons. The molecular weight excluding hydrogens is 240 g/mol. The summed E-state index contributed by atoms with van der Waals surface area (Å²) in [5.74, 6) is 0.841. The van der Waals surface area contributed by atoms with E-state index in [-0.39, 0.29) is 0 Å². The first-order valence-electron chi connectivity index (χ1n) is 4.89. The molecule has 0 saturated carbocycles. The van der Waals surface area contributed by atoms with E-state index >= 15 is 0 Å². The van der Waals surface area contributed by atoms with Crippen molar-refractivity contribution in [1.82, 2.24) is 10.3 Å². The van der Waals surface area contributed by atoms with E-state index in [2.05, 4.69) is 38.4 Å². The van der Waals surface area contributed by atoms with Gasteiger partial charge in [0.15, 0.2) is 0 Å². The van der Waals surface area contributed by atoms with Crippen LogP contribution in [0.1, 0.15) is 12.0 Å². The summed E-state index contributed by atoms with van der Waals surface area (Å²) in [6, 6.07) is 4.77. The molecule has 1 aromatic heterocycles. The molecule has 14 heavy (non-hydrogen) atoms.